The van der Waals surface area contributed by atoms with Gasteiger partial charge in [-0.2, -0.15) is 5.26 Å². The maximum Gasteiger partial charge on any atom is 0.0621 e. The normalized spacial score (nSPS) is 13.1. The number of rotatable bonds is 30. The molecule has 1 nitrogen and oxygen atoms in total. The van der Waals surface area contributed by atoms with Crippen molar-refractivity contribution in [2.24, 2.45) is 11.8 Å². The zero-order chi connectivity index (χ0) is 26.4. The predicted molar refractivity (Wildman–Crippen MR) is 164 cm³/mol. The van der Waals surface area contributed by atoms with Crippen molar-refractivity contribution in [3.63, 3.8) is 0 Å². The summed E-state index contributed by atoms with van der Waals surface area (Å²) in [5, 5.41) is 8.54. The highest BCUT2D eigenvalue weighted by Crippen LogP contribution is 2.22. The van der Waals surface area contributed by atoms with Crippen LogP contribution in [0.5, 0.6) is 0 Å². The van der Waals surface area contributed by atoms with Crippen molar-refractivity contribution in [1.82, 2.24) is 0 Å². The van der Waals surface area contributed by atoms with Crippen LogP contribution >= 0.6 is 0 Å². The Morgan fingerprint density at radius 3 is 1.00 bits per heavy atom. The molecular weight excluding hydrogens is 434 g/mol. The summed E-state index contributed by atoms with van der Waals surface area (Å²) in [4.78, 5) is 0. The van der Waals surface area contributed by atoms with Gasteiger partial charge >= 0.3 is 0 Å². The molecule has 0 aliphatic rings. The summed E-state index contributed by atoms with van der Waals surface area (Å²) >= 11 is 0. The Kier molecular flexibility index (Phi) is 30.3. The second kappa shape index (κ2) is 30.7. The molecule has 0 rings (SSSR count). The molecule has 0 aliphatic carbocycles. The molecule has 0 spiro atoms. The molecule has 0 radical (unpaired) electrons. The number of nitriles is 1. The zero-order valence-corrected chi connectivity index (χ0v) is 25.6. The quantitative estimate of drug-likeness (QED) is 0.0894. The van der Waals surface area contributed by atoms with Crippen LogP contribution in [0.25, 0.3) is 0 Å². The molecule has 0 aromatic rings. The number of hydrogen-bond acceptors (Lipinski definition) is 1. The standard InChI is InChI=1S/C35H69N/c1-4-5-6-7-8-19-22-25-29-34(2)31-28-32-35(3)30-26-23-20-17-15-13-11-9-10-12-14-16-18-21-24-27-33-36/h34-35H,4-32H2,1-3H3. The molecule has 0 heterocycles. The molecule has 0 bridgehead atoms. The van der Waals surface area contributed by atoms with Crippen molar-refractivity contribution >= 4 is 0 Å². The van der Waals surface area contributed by atoms with E-state index in [1.54, 1.807) is 0 Å². The van der Waals surface area contributed by atoms with Crippen molar-refractivity contribution in [3.05, 3.63) is 0 Å². The van der Waals surface area contributed by atoms with Crippen LogP contribution in [-0.4, -0.2) is 0 Å². The maximum absolute atomic E-state index is 8.54. The van der Waals surface area contributed by atoms with Crippen molar-refractivity contribution in [3.8, 4) is 6.07 Å². The molecular formula is C35H69N. The average Bonchev–Trinajstić information content (AvgIpc) is 2.87. The Labute approximate surface area is 230 Å². The number of hydrogen-bond donors (Lipinski definition) is 0. The molecule has 0 aromatic carbocycles. The van der Waals surface area contributed by atoms with Gasteiger partial charge in [0, 0.05) is 6.42 Å². The lowest BCUT2D eigenvalue weighted by molar-refractivity contribution is 0.390. The van der Waals surface area contributed by atoms with Gasteiger partial charge in [-0.1, -0.05) is 194 Å². The second-order valence-electron chi connectivity index (χ2n) is 12.4. The van der Waals surface area contributed by atoms with Crippen molar-refractivity contribution in [2.75, 3.05) is 0 Å². The summed E-state index contributed by atoms with van der Waals surface area (Å²) in [7, 11) is 0. The summed E-state index contributed by atoms with van der Waals surface area (Å²) in [6, 6.07) is 2.24. The van der Waals surface area contributed by atoms with Crippen molar-refractivity contribution in [2.45, 2.75) is 207 Å². The fourth-order valence-electron chi connectivity index (χ4n) is 5.73. The topological polar surface area (TPSA) is 23.8 Å². The molecule has 0 aliphatic heterocycles. The summed E-state index contributed by atoms with van der Waals surface area (Å²) in [6.45, 7) is 7.30. The van der Waals surface area contributed by atoms with Gasteiger partial charge in [0.1, 0.15) is 0 Å². The summed E-state index contributed by atoms with van der Waals surface area (Å²) in [5.74, 6) is 1.89. The third-order valence-electron chi connectivity index (χ3n) is 8.43. The smallest absolute Gasteiger partial charge is 0.0621 e. The monoisotopic (exact) mass is 504 g/mol. The van der Waals surface area contributed by atoms with Gasteiger partial charge in [-0.3, -0.25) is 0 Å². The van der Waals surface area contributed by atoms with Gasteiger partial charge in [0.25, 0.3) is 0 Å². The molecule has 2 unspecified atom stereocenters. The molecule has 0 saturated heterocycles. The highest BCUT2D eigenvalue weighted by molar-refractivity contribution is 4.67. The van der Waals surface area contributed by atoms with Gasteiger partial charge in [-0.25, -0.2) is 0 Å². The molecule has 0 aromatic heterocycles. The third-order valence-corrected chi connectivity index (χ3v) is 8.43. The average molecular weight is 504 g/mol. The first-order valence-corrected chi connectivity index (χ1v) is 17.1. The Morgan fingerprint density at radius 2 is 0.667 bits per heavy atom. The Hall–Kier alpha value is -0.510. The van der Waals surface area contributed by atoms with Gasteiger partial charge < -0.3 is 0 Å². The van der Waals surface area contributed by atoms with E-state index in [1.807, 2.05) is 0 Å². The number of nitrogens with zero attached hydrogens (tertiary/aromatic N) is 1. The minimum absolute atomic E-state index is 0.748. The fourth-order valence-corrected chi connectivity index (χ4v) is 5.73. The molecule has 0 fully saturated rings. The highest BCUT2D eigenvalue weighted by atomic mass is 14.2. The molecule has 0 amide bonds. The third kappa shape index (κ3) is 29.7. The zero-order valence-electron chi connectivity index (χ0n) is 25.6. The van der Waals surface area contributed by atoms with E-state index in [4.69, 9.17) is 5.26 Å². The van der Waals surface area contributed by atoms with Crippen LogP contribution in [0.15, 0.2) is 0 Å². The molecule has 0 N–H and O–H groups in total. The largest absolute Gasteiger partial charge is 0.198 e. The molecule has 1 heteroatoms. The molecule has 214 valence electrons. The van der Waals surface area contributed by atoms with Crippen LogP contribution in [0.3, 0.4) is 0 Å². The van der Waals surface area contributed by atoms with E-state index in [2.05, 4.69) is 26.8 Å². The van der Waals surface area contributed by atoms with Crippen molar-refractivity contribution in [1.29, 1.82) is 5.26 Å². The molecule has 2 atom stereocenters. The summed E-state index contributed by atoms with van der Waals surface area (Å²) in [5.41, 5.74) is 0. The van der Waals surface area contributed by atoms with E-state index in [0.717, 1.165) is 24.7 Å². The highest BCUT2D eigenvalue weighted by Gasteiger charge is 2.06. The number of unbranched alkanes of at least 4 members (excludes halogenated alkanes) is 22. The van der Waals surface area contributed by atoms with Gasteiger partial charge in [-0.05, 0) is 18.3 Å². The van der Waals surface area contributed by atoms with E-state index in [-0.39, 0.29) is 0 Å². The lowest BCUT2D eigenvalue weighted by atomic mass is 9.92. The summed E-state index contributed by atoms with van der Waals surface area (Å²) < 4.78 is 0. The first-order chi connectivity index (χ1) is 17.7. The van der Waals surface area contributed by atoms with E-state index in [9.17, 15) is 0 Å². The van der Waals surface area contributed by atoms with Gasteiger partial charge in [0.05, 0.1) is 6.07 Å². The minimum Gasteiger partial charge on any atom is -0.198 e. The Bertz CT molecular complexity index is 436. The first kappa shape index (κ1) is 35.5. The molecule has 0 saturated carbocycles. The van der Waals surface area contributed by atoms with Crippen LogP contribution in [-0.2, 0) is 0 Å². The maximum atomic E-state index is 8.54. The molecule has 36 heavy (non-hydrogen) atoms. The van der Waals surface area contributed by atoms with Crippen LogP contribution in [0, 0.1) is 23.2 Å². The van der Waals surface area contributed by atoms with Crippen LogP contribution in [0.1, 0.15) is 207 Å². The first-order valence-electron chi connectivity index (χ1n) is 17.1. The van der Waals surface area contributed by atoms with E-state index >= 15 is 0 Å². The van der Waals surface area contributed by atoms with Crippen LogP contribution in [0.4, 0.5) is 0 Å². The Morgan fingerprint density at radius 1 is 0.389 bits per heavy atom. The lowest BCUT2D eigenvalue weighted by Gasteiger charge is -2.14. The van der Waals surface area contributed by atoms with Gasteiger partial charge in [-0.15, -0.1) is 0 Å². The minimum atomic E-state index is 0.748. The van der Waals surface area contributed by atoms with E-state index in [1.165, 1.54) is 173 Å². The van der Waals surface area contributed by atoms with Gasteiger partial charge in [0.2, 0.25) is 0 Å². The van der Waals surface area contributed by atoms with E-state index < -0.39 is 0 Å². The predicted octanol–water partition coefficient (Wildman–Crippen LogP) is 13.1. The van der Waals surface area contributed by atoms with Crippen molar-refractivity contribution < 1.29 is 0 Å². The Balaban J connectivity index is 3.24. The summed E-state index contributed by atoms with van der Waals surface area (Å²) in [6.07, 6.45) is 40.7. The SMILES string of the molecule is CCCCCCCCCCC(C)CCCC(C)CCCCCCCCCCCCCCCCCC#N. The van der Waals surface area contributed by atoms with E-state index in [0.29, 0.717) is 0 Å². The second-order valence-corrected chi connectivity index (χ2v) is 12.4. The fraction of sp³-hybridized carbons (Fsp3) is 0.971. The van der Waals surface area contributed by atoms with Crippen LogP contribution < -0.4 is 0 Å². The van der Waals surface area contributed by atoms with Crippen LogP contribution in [0.2, 0.25) is 0 Å². The lowest BCUT2D eigenvalue weighted by Crippen LogP contribution is -1.99. The van der Waals surface area contributed by atoms with Gasteiger partial charge in [0.15, 0.2) is 0 Å².